The molecule has 0 aromatic heterocycles. The Bertz CT molecular complexity index is 837. The van der Waals surface area contributed by atoms with Crippen LogP contribution >= 0.6 is 0 Å². The van der Waals surface area contributed by atoms with E-state index in [0.29, 0.717) is 21.8 Å². The van der Waals surface area contributed by atoms with E-state index in [0.717, 1.165) is 11.3 Å². The van der Waals surface area contributed by atoms with Crippen molar-refractivity contribution in [1.29, 1.82) is 0 Å². The van der Waals surface area contributed by atoms with Crippen molar-refractivity contribution >= 4 is 10.0 Å². The van der Waals surface area contributed by atoms with Crippen LogP contribution in [0.1, 0.15) is 22.3 Å². The topological polar surface area (TPSA) is 64.6 Å². The molecule has 6 heteroatoms. The highest BCUT2D eigenvalue weighted by molar-refractivity contribution is 7.89. The van der Waals surface area contributed by atoms with Crippen LogP contribution in [0.2, 0.25) is 0 Å². The molecule has 25 heavy (non-hydrogen) atoms. The Kier molecular flexibility index (Phi) is 6.08. The molecule has 0 amide bonds. The normalized spacial score (nSPS) is 11.4. The first-order valence-corrected chi connectivity index (χ1v) is 9.58. The minimum atomic E-state index is -3.60. The van der Waals surface area contributed by atoms with Crippen LogP contribution in [0.25, 0.3) is 0 Å². The molecule has 0 spiro atoms. The van der Waals surface area contributed by atoms with E-state index in [2.05, 4.69) is 4.72 Å². The molecule has 0 radical (unpaired) electrons. The predicted molar refractivity (Wildman–Crippen MR) is 99.1 cm³/mol. The standard InChI is InChI=1S/C19H25NO4S/c1-13-6-7-17(10-14(13)2)24-9-8-20-25(21,22)19-15(3)11-18(23-5)12-16(19)4/h6-7,10-12,20H,8-9H2,1-5H3. The van der Waals surface area contributed by atoms with Gasteiger partial charge in [-0.3, -0.25) is 0 Å². The quantitative estimate of drug-likeness (QED) is 0.767. The largest absolute Gasteiger partial charge is 0.497 e. The summed E-state index contributed by atoms with van der Waals surface area (Å²) in [6.07, 6.45) is 0. The van der Waals surface area contributed by atoms with Crippen LogP contribution in [-0.2, 0) is 10.0 Å². The maximum absolute atomic E-state index is 12.6. The van der Waals surface area contributed by atoms with Crippen LogP contribution in [0, 0.1) is 27.7 Å². The van der Waals surface area contributed by atoms with Crippen LogP contribution in [0.3, 0.4) is 0 Å². The summed E-state index contributed by atoms with van der Waals surface area (Å²) in [5.74, 6) is 1.38. The van der Waals surface area contributed by atoms with Gasteiger partial charge in [0.15, 0.2) is 0 Å². The monoisotopic (exact) mass is 363 g/mol. The molecule has 2 aromatic rings. The van der Waals surface area contributed by atoms with Crippen LogP contribution in [0.5, 0.6) is 11.5 Å². The van der Waals surface area contributed by atoms with E-state index in [9.17, 15) is 8.42 Å². The van der Waals surface area contributed by atoms with Gasteiger partial charge >= 0.3 is 0 Å². The number of rotatable bonds is 7. The average Bonchev–Trinajstić information content (AvgIpc) is 2.53. The number of benzene rings is 2. The Balaban J connectivity index is 2.01. The van der Waals surface area contributed by atoms with E-state index in [1.807, 2.05) is 32.0 Å². The van der Waals surface area contributed by atoms with Crippen molar-refractivity contribution < 1.29 is 17.9 Å². The van der Waals surface area contributed by atoms with Crippen molar-refractivity contribution in [1.82, 2.24) is 4.72 Å². The Morgan fingerprint density at radius 3 is 2.04 bits per heavy atom. The molecular formula is C19H25NO4S. The summed E-state index contributed by atoms with van der Waals surface area (Å²) in [6.45, 7) is 8.02. The van der Waals surface area contributed by atoms with Crippen LogP contribution < -0.4 is 14.2 Å². The van der Waals surface area contributed by atoms with E-state index >= 15 is 0 Å². The SMILES string of the molecule is COc1cc(C)c(S(=O)(=O)NCCOc2ccc(C)c(C)c2)c(C)c1. The minimum absolute atomic E-state index is 0.195. The third kappa shape index (κ3) is 4.74. The van der Waals surface area contributed by atoms with E-state index in [-0.39, 0.29) is 13.2 Å². The molecule has 2 rings (SSSR count). The number of hydrogen-bond donors (Lipinski definition) is 1. The van der Waals surface area contributed by atoms with Gasteiger partial charge in [0.25, 0.3) is 0 Å². The third-order valence-corrected chi connectivity index (χ3v) is 5.85. The van der Waals surface area contributed by atoms with Gasteiger partial charge in [-0.15, -0.1) is 0 Å². The lowest BCUT2D eigenvalue weighted by Crippen LogP contribution is -2.29. The van der Waals surface area contributed by atoms with Crippen LogP contribution in [0.4, 0.5) is 0 Å². The molecule has 2 aromatic carbocycles. The van der Waals surface area contributed by atoms with Gasteiger partial charge in [0.05, 0.1) is 12.0 Å². The molecule has 136 valence electrons. The molecular weight excluding hydrogens is 338 g/mol. The number of aryl methyl sites for hydroxylation is 4. The molecule has 0 bridgehead atoms. The first-order chi connectivity index (χ1) is 11.7. The first-order valence-electron chi connectivity index (χ1n) is 8.09. The second-order valence-corrected chi connectivity index (χ2v) is 7.79. The van der Waals surface area contributed by atoms with Gasteiger partial charge in [0.1, 0.15) is 18.1 Å². The summed E-state index contributed by atoms with van der Waals surface area (Å²) in [4.78, 5) is 0.291. The lowest BCUT2D eigenvalue weighted by atomic mass is 10.1. The summed E-state index contributed by atoms with van der Waals surface area (Å²) >= 11 is 0. The van der Waals surface area contributed by atoms with Gasteiger partial charge in [-0.2, -0.15) is 0 Å². The molecule has 0 unspecified atom stereocenters. The van der Waals surface area contributed by atoms with E-state index in [1.54, 1.807) is 33.1 Å². The summed E-state index contributed by atoms with van der Waals surface area (Å²) in [6, 6.07) is 9.25. The Morgan fingerprint density at radius 2 is 1.48 bits per heavy atom. The third-order valence-electron chi connectivity index (χ3n) is 4.08. The molecule has 0 saturated heterocycles. The zero-order valence-corrected chi connectivity index (χ0v) is 16.2. The highest BCUT2D eigenvalue weighted by Crippen LogP contribution is 2.25. The molecule has 0 aliphatic rings. The number of ether oxygens (including phenoxy) is 2. The van der Waals surface area contributed by atoms with Crippen molar-refractivity contribution in [2.75, 3.05) is 20.3 Å². The zero-order valence-electron chi connectivity index (χ0n) is 15.3. The number of hydrogen-bond acceptors (Lipinski definition) is 4. The lowest BCUT2D eigenvalue weighted by molar-refractivity contribution is 0.322. The molecule has 5 nitrogen and oxygen atoms in total. The number of nitrogens with one attached hydrogen (secondary N) is 1. The van der Waals surface area contributed by atoms with Gasteiger partial charge in [-0.05, 0) is 74.2 Å². The highest BCUT2D eigenvalue weighted by atomic mass is 32.2. The number of sulfonamides is 1. The summed E-state index contributed by atoms with van der Waals surface area (Å²) in [5, 5.41) is 0. The van der Waals surface area contributed by atoms with E-state index < -0.39 is 10.0 Å². The Labute approximate surface area is 150 Å². The van der Waals surface area contributed by atoms with E-state index in [4.69, 9.17) is 9.47 Å². The van der Waals surface area contributed by atoms with E-state index in [1.165, 1.54) is 5.56 Å². The fraction of sp³-hybridized carbons (Fsp3) is 0.368. The van der Waals surface area contributed by atoms with Crippen molar-refractivity contribution in [2.24, 2.45) is 0 Å². The van der Waals surface area contributed by atoms with Gasteiger partial charge in [-0.25, -0.2) is 13.1 Å². The fourth-order valence-electron chi connectivity index (χ4n) is 2.67. The van der Waals surface area contributed by atoms with Crippen molar-refractivity contribution in [2.45, 2.75) is 32.6 Å². The second-order valence-electron chi connectivity index (χ2n) is 6.08. The second kappa shape index (κ2) is 7.89. The average molecular weight is 363 g/mol. The van der Waals surface area contributed by atoms with Gasteiger partial charge in [0, 0.05) is 6.54 Å². The van der Waals surface area contributed by atoms with Crippen LogP contribution in [-0.4, -0.2) is 28.7 Å². The Morgan fingerprint density at radius 1 is 0.880 bits per heavy atom. The zero-order chi connectivity index (χ0) is 18.6. The molecule has 0 heterocycles. The van der Waals surface area contributed by atoms with Gasteiger partial charge in [-0.1, -0.05) is 6.07 Å². The maximum Gasteiger partial charge on any atom is 0.241 e. The summed E-state index contributed by atoms with van der Waals surface area (Å²) < 4.78 is 38.5. The number of methoxy groups -OCH3 is 1. The fourth-order valence-corrected chi connectivity index (χ4v) is 4.14. The molecule has 0 aliphatic heterocycles. The van der Waals surface area contributed by atoms with Crippen LogP contribution in [0.15, 0.2) is 35.2 Å². The molecule has 0 saturated carbocycles. The molecule has 1 N–H and O–H groups in total. The predicted octanol–water partition coefficient (Wildman–Crippen LogP) is 3.29. The minimum Gasteiger partial charge on any atom is -0.497 e. The van der Waals surface area contributed by atoms with Crippen molar-refractivity contribution in [3.63, 3.8) is 0 Å². The highest BCUT2D eigenvalue weighted by Gasteiger charge is 2.20. The lowest BCUT2D eigenvalue weighted by Gasteiger charge is -2.14. The molecule has 0 aliphatic carbocycles. The maximum atomic E-state index is 12.6. The first kappa shape index (κ1) is 19.3. The van der Waals surface area contributed by atoms with Gasteiger partial charge < -0.3 is 9.47 Å². The molecule has 0 fully saturated rings. The smallest absolute Gasteiger partial charge is 0.241 e. The summed E-state index contributed by atoms with van der Waals surface area (Å²) in [7, 11) is -2.04. The van der Waals surface area contributed by atoms with Gasteiger partial charge in [0.2, 0.25) is 10.0 Å². The summed E-state index contributed by atoms with van der Waals surface area (Å²) in [5.41, 5.74) is 3.64. The van der Waals surface area contributed by atoms with Crippen molar-refractivity contribution in [3.05, 3.63) is 52.6 Å². The molecule has 0 atom stereocenters. The Hall–Kier alpha value is -2.05. The van der Waals surface area contributed by atoms with Crippen molar-refractivity contribution in [3.8, 4) is 11.5 Å².